The van der Waals surface area contributed by atoms with Crippen LogP contribution in [0.1, 0.15) is 16.8 Å². The third-order valence-corrected chi connectivity index (χ3v) is 3.89. The molecule has 1 atom stereocenters. The molecule has 0 amide bonds. The summed E-state index contributed by atoms with van der Waals surface area (Å²) in [6.45, 7) is 1.86. The van der Waals surface area contributed by atoms with Gasteiger partial charge in [-0.15, -0.1) is 0 Å². The number of carbonyl (C=O) groups excluding carboxylic acids is 1. The molecule has 0 bridgehead atoms. The van der Waals surface area contributed by atoms with Gasteiger partial charge in [0.05, 0.1) is 19.9 Å². The van der Waals surface area contributed by atoms with Crippen LogP contribution in [0, 0.1) is 0 Å². The minimum Gasteiger partial charge on any atom is -0.493 e. The minimum atomic E-state index is 0.516. The summed E-state index contributed by atoms with van der Waals surface area (Å²) in [7, 11) is 7.35. The smallest absolute Gasteiger partial charge is 0.162 e. The maximum atomic E-state index is 11.3. The fourth-order valence-corrected chi connectivity index (χ4v) is 2.63. The number of aldehydes is 1. The first-order valence-electron chi connectivity index (χ1n) is 6.73. The maximum Gasteiger partial charge on any atom is 0.162 e. The second-order valence-corrected chi connectivity index (χ2v) is 5.24. The van der Waals surface area contributed by atoms with Crippen molar-refractivity contribution in [2.75, 3.05) is 46.3 Å². The molecule has 110 valence electrons. The predicted molar refractivity (Wildman–Crippen MR) is 79.2 cm³/mol. The minimum absolute atomic E-state index is 0.516. The lowest BCUT2D eigenvalue weighted by Crippen LogP contribution is -2.31. The topological polar surface area (TPSA) is 42.0 Å². The van der Waals surface area contributed by atoms with Crippen LogP contribution in [0.2, 0.25) is 0 Å². The van der Waals surface area contributed by atoms with Crippen molar-refractivity contribution >= 4 is 12.0 Å². The highest BCUT2D eigenvalue weighted by atomic mass is 16.5. The lowest BCUT2D eigenvalue weighted by molar-refractivity contribution is 0.112. The Kier molecular flexibility index (Phi) is 4.49. The molecule has 1 aliphatic rings. The number of carbonyl (C=O) groups is 1. The average Bonchev–Trinajstić information content (AvgIpc) is 2.95. The monoisotopic (exact) mass is 278 g/mol. The molecule has 1 aromatic rings. The number of benzene rings is 1. The fraction of sp³-hybridized carbons (Fsp3) is 0.533. The molecule has 1 aliphatic heterocycles. The van der Waals surface area contributed by atoms with Gasteiger partial charge in [0.25, 0.3) is 0 Å². The average molecular weight is 278 g/mol. The molecule has 0 N–H and O–H groups in total. The largest absolute Gasteiger partial charge is 0.493 e. The van der Waals surface area contributed by atoms with Crippen molar-refractivity contribution in [2.24, 2.45) is 0 Å². The molecule has 5 nitrogen and oxygen atoms in total. The number of hydrogen-bond acceptors (Lipinski definition) is 5. The highest BCUT2D eigenvalue weighted by Crippen LogP contribution is 2.36. The van der Waals surface area contributed by atoms with Gasteiger partial charge in [0.15, 0.2) is 17.8 Å². The van der Waals surface area contributed by atoms with Crippen LogP contribution in [0.25, 0.3) is 0 Å². The Labute approximate surface area is 120 Å². The number of methoxy groups -OCH3 is 2. The molecular formula is C15H22N2O3. The summed E-state index contributed by atoms with van der Waals surface area (Å²) in [6, 6.07) is 4.15. The van der Waals surface area contributed by atoms with Crippen LogP contribution in [0.15, 0.2) is 12.1 Å². The molecule has 0 saturated carbocycles. The summed E-state index contributed by atoms with van der Waals surface area (Å²) in [5, 5.41) is 0. The fourth-order valence-electron chi connectivity index (χ4n) is 2.63. The first-order valence-corrected chi connectivity index (χ1v) is 6.73. The van der Waals surface area contributed by atoms with Crippen LogP contribution in [-0.4, -0.2) is 58.6 Å². The van der Waals surface area contributed by atoms with Gasteiger partial charge >= 0.3 is 0 Å². The Morgan fingerprint density at radius 2 is 1.90 bits per heavy atom. The summed E-state index contributed by atoms with van der Waals surface area (Å²) in [5.74, 6) is 1.24. The van der Waals surface area contributed by atoms with Crippen molar-refractivity contribution in [3.63, 3.8) is 0 Å². The summed E-state index contributed by atoms with van der Waals surface area (Å²) < 4.78 is 10.6. The zero-order valence-electron chi connectivity index (χ0n) is 12.5. The number of hydrogen-bond donors (Lipinski definition) is 0. The van der Waals surface area contributed by atoms with E-state index in [1.54, 1.807) is 20.3 Å². The van der Waals surface area contributed by atoms with Gasteiger partial charge in [-0.3, -0.25) is 4.79 Å². The van der Waals surface area contributed by atoms with Gasteiger partial charge in [-0.2, -0.15) is 0 Å². The van der Waals surface area contributed by atoms with Crippen molar-refractivity contribution in [1.82, 2.24) is 4.90 Å². The van der Waals surface area contributed by atoms with Crippen LogP contribution in [0.3, 0.4) is 0 Å². The van der Waals surface area contributed by atoms with E-state index in [2.05, 4.69) is 23.9 Å². The van der Waals surface area contributed by atoms with E-state index in [-0.39, 0.29) is 0 Å². The molecule has 2 rings (SSSR count). The Morgan fingerprint density at radius 1 is 1.25 bits per heavy atom. The molecule has 1 heterocycles. The molecular weight excluding hydrogens is 256 g/mol. The van der Waals surface area contributed by atoms with Crippen LogP contribution in [-0.2, 0) is 0 Å². The molecule has 0 spiro atoms. The Morgan fingerprint density at radius 3 is 2.40 bits per heavy atom. The maximum absolute atomic E-state index is 11.3. The van der Waals surface area contributed by atoms with Crippen molar-refractivity contribution in [1.29, 1.82) is 0 Å². The lowest BCUT2D eigenvalue weighted by atomic mass is 10.1. The van der Waals surface area contributed by atoms with E-state index >= 15 is 0 Å². The standard InChI is InChI=1S/C15H22N2O3/c1-16(2)12-5-6-17(9-12)13-8-15(20-4)14(19-3)7-11(13)10-18/h7-8,10,12H,5-6,9H2,1-4H3/t12-/m1/s1. The number of rotatable bonds is 5. The van der Waals surface area contributed by atoms with E-state index < -0.39 is 0 Å². The molecule has 0 aliphatic carbocycles. The van der Waals surface area contributed by atoms with Crippen molar-refractivity contribution in [3.8, 4) is 11.5 Å². The second kappa shape index (κ2) is 6.13. The van der Waals surface area contributed by atoms with Gasteiger partial charge in [-0.05, 0) is 26.6 Å². The molecule has 1 aromatic carbocycles. The number of ether oxygens (including phenoxy) is 2. The first kappa shape index (κ1) is 14.7. The molecule has 1 fully saturated rings. The van der Waals surface area contributed by atoms with E-state index in [0.29, 0.717) is 23.1 Å². The summed E-state index contributed by atoms with van der Waals surface area (Å²) in [5.41, 5.74) is 1.56. The zero-order valence-corrected chi connectivity index (χ0v) is 12.5. The van der Waals surface area contributed by atoms with Crippen molar-refractivity contribution in [3.05, 3.63) is 17.7 Å². The highest BCUT2D eigenvalue weighted by Gasteiger charge is 2.26. The molecule has 0 radical (unpaired) electrons. The van der Waals surface area contributed by atoms with Gasteiger partial charge in [-0.25, -0.2) is 0 Å². The number of anilines is 1. The molecule has 5 heteroatoms. The van der Waals surface area contributed by atoms with Crippen molar-refractivity contribution < 1.29 is 14.3 Å². The molecule has 1 saturated heterocycles. The third-order valence-electron chi connectivity index (χ3n) is 3.89. The predicted octanol–water partition coefficient (Wildman–Crippen LogP) is 1.66. The second-order valence-electron chi connectivity index (χ2n) is 5.24. The van der Waals surface area contributed by atoms with Gasteiger partial charge in [-0.1, -0.05) is 0 Å². The normalized spacial score (nSPS) is 18.4. The lowest BCUT2D eigenvalue weighted by Gasteiger charge is -2.24. The van der Waals surface area contributed by atoms with E-state index in [4.69, 9.17) is 9.47 Å². The summed E-state index contributed by atoms with van der Waals surface area (Å²) >= 11 is 0. The SMILES string of the molecule is COc1cc(C=O)c(N2CC[C@@H](N(C)C)C2)cc1OC. The first-order chi connectivity index (χ1) is 9.60. The molecule has 0 aromatic heterocycles. The van der Waals surface area contributed by atoms with E-state index in [9.17, 15) is 4.79 Å². The van der Waals surface area contributed by atoms with Crippen LogP contribution >= 0.6 is 0 Å². The highest BCUT2D eigenvalue weighted by molar-refractivity contribution is 5.86. The van der Waals surface area contributed by atoms with Gasteiger partial charge in [0.1, 0.15) is 0 Å². The Balaban J connectivity index is 2.33. The third kappa shape index (κ3) is 2.72. The summed E-state index contributed by atoms with van der Waals surface area (Å²) in [4.78, 5) is 15.8. The number of likely N-dealkylation sites (N-methyl/N-ethyl adjacent to an activating group) is 1. The molecule has 20 heavy (non-hydrogen) atoms. The Hall–Kier alpha value is -1.75. The van der Waals surface area contributed by atoms with E-state index in [1.807, 2.05) is 6.07 Å². The van der Waals surface area contributed by atoms with Gasteiger partial charge in [0, 0.05) is 30.8 Å². The number of nitrogens with zero attached hydrogens (tertiary/aromatic N) is 2. The van der Waals surface area contributed by atoms with Crippen LogP contribution in [0.4, 0.5) is 5.69 Å². The van der Waals surface area contributed by atoms with Crippen LogP contribution in [0.5, 0.6) is 11.5 Å². The molecule has 0 unspecified atom stereocenters. The summed E-state index contributed by atoms with van der Waals surface area (Å²) in [6.07, 6.45) is 1.97. The van der Waals surface area contributed by atoms with Gasteiger partial charge in [0.2, 0.25) is 0 Å². The van der Waals surface area contributed by atoms with E-state index in [0.717, 1.165) is 31.5 Å². The van der Waals surface area contributed by atoms with Gasteiger partial charge < -0.3 is 19.3 Å². The zero-order chi connectivity index (χ0) is 14.7. The van der Waals surface area contributed by atoms with Crippen molar-refractivity contribution in [2.45, 2.75) is 12.5 Å². The Bertz CT molecular complexity index is 488. The quantitative estimate of drug-likeness (QED) is 0.766. The van der Waals surface area contributed by atoms with Crippen LogP contribution < -0.4 is 14.4 Å². The van der Waals surface area contributed by atoms with E-state index in [1.165, 1.54) is 0 Å².